The van der Waals surface area contributed by atoms with Crippen molar-refractivity contribution in [1.82, 2.24) is 14.5 Å². The summed E-state index contributed by atoms with van der Waals surface area (Å²) < 4.78 is 6.17. The van der Waals surface area contributed by atoms with Gasteiger partial charge in [-0.25, -0.2) is 9.97 Å². The van der Waals surface area contributed by atoms with Crippen LogP contribution in [-0.4, -0.2) is 14.5 Å². The van der Waals surface area contributed by atoms with Crippen molar-refractivity contribution in [1.29, 1.82) is 0 Å². The van der Waals surface area contributed by atoms with Crippen molar-refractivity contribution in [3.63, 3.8) is 0 Å². The topological polar surface area (TPSA) is 30.7 Å². The highest BCUT2D eigenvalue weighted by atomic mass is 32.1. The number of aromatic nitrogens is 3. The number of benzene rings is 7. The van der Waals surface area contributed by atoms with Gasteiger partial charge in [0.2, 0.25) is 5.95 Å². The number of hydrogen-bond acceptors (Lipinski definition) is 4. The lowest BCUT2D eigenvalue weighted by molar-refractivity contribution is 1.02. The van der Waals surface area contributed by atoms with E-state index in [2.05, 4.69) is 156 Å². The number of nitrogens with zero attached hydrogens (tertiary/aromatic N) is 3. The fourth-order valence-corrected chi connectivity index (χ4v) is 10.0. The molecule has 5 heteroatoms. The minimum Gasteiger partial charge on any atom is -0.277 e. The summed E-state index contributed by atoms with van der Waals surface area (Å²) in [4.78, 5) is 11.9. The third kappa shape index (κ3) is 3.88. The molecule has 0 N–H and O–H groups in total. The molecule has 0 saturated heterocycles. The van der Waals surface area contributed by atoms with Crippen molar-refractivity contribution < 1.29 is 0 Å². The Kier molecular flexibility index (Phi) is 5.70. The van der Waals surface area contributed by atoms with Gasteiger partial charge in [0.1, 0.15) is 4.83 Å². The van der Waals surface area contributed by atoms with Crippen LogP contribution in [0.1, 0.15) is 0 Å². The monoisotopic (exact) mass is 659 g/mol. The molecule has 0 fully saturated rings. The average molecular weight is 660 g/mol. The Bertz CT molecular complexity index is 3090. The van der Waals surface area contributed by atoms with Gasteiger partial charge in [-0.05, 0) is 29.3 Å². The highest BCUT2D eigenvalue weighted by Gasteiger charge is 2.24. The summed E-state index contributed by atoms with van der Waals surface area (Å²) in [5.41, 5.74) is 6.68. The van der Waals surface area contributed by atoms with Crippen LogP contribution in [0.5, 0.6) is 0 Å². The fraction of sp³-hybridized carbons (Fsp3) is 0. The van der Waals surface area contributed by atoms with Crippen LogP contribution in [-0.2, 0) is 0 Å². The normalized spacial score (nSPS) is 12.1. The van der Waals surface area contributed by atoms with Gasteiger partial charge in [-0.15, -0.1) is 22.7 Å². The first-order chi connectivity index (χ1) is 24.3. The summed E-state index contributed by atoms with van der Waals surface area (Å²) in [5, 5.41) is 9.84. The molecule has 0 radical (unpaired) electrons. The van der Waals surface area contributed by atoms with Crippen molar-refractivity contribution in [2.45, 2.75) is 0 Å². The molecule has 0 amide bonds. The third-order valence-electron chi connectivity index (χ3n) is 9.84. The first-order valence-electron chi connectivity index (χ1n) is 16.4. The highest BCUT2D eigenvalue weighted by Crippen LogP contribution is 2.48. The van der Waals surface area contributed by atoms with Gasteiger partial charge in [0, 0.05) is 62.8 Å². The fourth-order valence-electron chi connectivity index (χ4n) is 7.70. The van der Waals surface area contributed by atoms with Crippen LogP contribution in [0.2, 0.25) is 0 Å². The molecule has 0 atom stereocenters. The first kappa shape index (κ1) is 27.1. The maximum atomic E-state index is 5.54. The number of thiophene rings is 2. The molecule has 0 bridgehead atoms. The second kappa shape index (κ2) is 10.3. The summed E-state index contributed by atoms with van der Waals surface area (Å²) in [6.07, 6.45) is 0. The van der Waals surface area contributed by atoms with E-state index >= 15 is 0 Å². The van der Waals surface area contributed by atoms with Crippen LogP contribution in [0.4, 0.5) is 0 Å². The van der Waals surface area contributed by atoms with E-state index in [0.29, 0.717) is 5.95 Å². The smallest absolute Gasteiger partial charge is 0.236 e. The molecule has 3 nitrogen and oxygen atoms in total. The van der Waals surface area contributed by atoms with Crippen LogP contribution in [0, 0.1) is 0 Å². The Labute approximate surface area is 289 Å². The molecule has 0 aliphatic carbocycles. The molecule has 49 heavy (non-hydrogen) atoms. The third-order valence-corrected chi connectivity index (χ3v) is 12.1. The maximum Gasteiger partial charge on any atom is 0.236 e. The summed E-state index contributed by atoms with van der Waals surface area (Å²) >= 11 is 3.62. The minimum atomic E-state index is 0.691. The predicted octanol–water partition coefficient (Wildman–Crippen LogP) is 12.8. The molecule has 0 saturated carbocycles. The molecule has 7 aromatic carbocycles. The largest absolute Gasteiger partial charge is 0.277 e. The van der Waals surface area contributed by atoms with E-state index in [1.54, 1.807) is 11.3 Å². The highest BCUT2D eigenvalue weighted by molar-refractivity contribution is 7.27. The zero-order valence-corrected chi connectivity index (χ0v) is 27.7. The SMILES string of the molecule is c1ccc(-c2ccc(-c3nc(-n4c5ccccc5c5c6c7ccccc7sc6c6ccccc6c54)nc4sc5ccccc5c34)cc2)cc1. The lowest BCUT2D eigenvalue weighted by Crippen LogP contribution is -2.03. The van der Waals surface area contributed by atoms with E-state index in [9.17, 15) is 0 Å². The van der Waals surface area contributed by atoms with Crippen molar-refractivity contribution in [2.24, 2.45) is 0 Å². The second-order valence-corrected chi connectivity index (χ2v) is 14.6. The standard InChI is InChI=1S/C44H25N3S2/c1-2-12-26(13-3-1)27-22-24-28(25-23-27)40-39-33-18-8-11-21-36(33)49-43(39)46-44(45-40)47-34-19-9-6-16-31(34)37-38-32-17-7-10-20-35(32)48-42(38)30-15-5-4-14-29(30)41(37)47/h1-25H. The molecule has 0 spiro atoms. The molecular formula is C44H25N3S2. The van der Waals surface area contributed by atoms with Gasteiger partial charge in [-0.2, -0.15) is 0 Å². The van der Waals surface area contributed by atoms with E-state index in [1.165, 1.54) is 62.9 Å². The van der Waals surface area contributed by atoms with Gasteiger partial charge in [0.25, 0.3) is 0 Å². The zero-order chi connectivity index (χ0) is 32.1. The Balaban J connectivity index is 1.28. The van der Waals surface area contributed by atoms with Crippen molar-refractivity contribution in [3.05, 3.63) is 152 Å². The van der Waals surface area contributed by atoms with Crippen LogP contribution in [0.25, 0.3) is 101 Å². The molecule has 0 aliphatic rings. The van der Waals surface area contributed by atoms with E-state index in [0.717, 1.165) is 32.5 Å². The van der Waals surface area contributed by atoms with E-state index in [4.69, 9.17) is 9.97 Å². The van der Waals surface area contributed by atoms with Gasteiger partial charge in [0.15, 0.2) is 0 Å². The first-order valence-corrected chi connectivity index (χ1v) is 18.1. The van der Waals surface area contributed by atoms with Crippen LogP contribution in [0.3, 0.4) is 0 Å². The Hall–Kier alpha value is -5.88. The lowest BCUT2D eigenvalue weighted by Gasteiger charge is -2.12. The molecule has 11 aromatic rings. The number of para-hydroxylation sites is 1. The summed E-state index contributed by atoms with van der Waals surface area (Å²) in [6.45, 7) is 0. The zero-order valence-electron chi connectivity index (χ0n) is 26.1. The molecule has 0 unspecified atom stereocenters. The number of rotatable bonds is 3. The maximum absolute atomic E-state index is 5.54. The summed E-state index contributed by atoms with van der Waals surface area (Å²) in [7, 11) is 0. The van der Waals surface area contributed by atoms with E-state index in [-0.39, 0.29) is 0 Å². The average Bonchev–Trinajstić information content (AvgIpc) is 3.85. The van der Waals surface area contributed by atoms with Gasteiger partial charge in [0.05, 0.1) is 16.7 Å². The molecule has 11 rings (SSSR count). The molecular weight excluding hydrogens is 635 g/mol. The van der Waals surface area contributed by atoms with Crippen molar-refractivity contribution in [3.8, 4) is 28.3 Å². The lowest BCUT2D eigenvalue weighted by atomic mass is 10.00. The quantitative estimate of drug-likeness (QED) is 0.189. The molecule has 4 aromatic heterocycles. The van der Waals surface area contributed by atoms with Crippen molar-refractivity contribution >= 4 is 95.7 Å². The van der Waals surface area contributed by atoms with E-state index in [1.807, 2.05) is 11.3 Å². The second-order valence-electron chi connectivity index (χ2n) is 12.5. The molecule has 0 aliphatic heterocycles. The Morgan fingerprint density at radius 3 is 1.76 bits per heavy atom. The Morgan fingerprint density at radius 1 is 0.408 bits per heavy atom. The van der Waals surface area contributed by atoms with Gasteiger partial charge in [-0.3, -0.25) is 4.57 Å². The predicted molar refractivity (Wildman–Crippen MR) is 211 cm³/mol. The number of fused-ring (bicyclic) bond motifs is 13. The summed E-state index contributed by atoms with van der Waals surface area (Å²) in [5.74, 6) is 0.691. The van der Waals surface area contributed by atoms with Gasteiger partial charge in [-0.1, -0.05) is 133 Å². The van der Waals surface area contributed by atoms with Crippen molar-refractivity contribution in [2.75, 3.05) is 0 Å². The van der Waals surface area contributed by atoms with Gasteiger partial charge >= 0.3 is 0 Å². The molecule has 4 heterocycles. The number of hydrogen-bond donors (Lipinski definition) is 0. The summed E-state index contributed by atoms with van der Waals surface area (Å²) in [6, 6.07) is 54.4. The van der Waals surface area contributed by atoms with Crippen LogP contribution in [0.15, 0.2) is 152 Å². The Morgan fingerprint density at radius 2 is 0.980 bits per heavy atom. The van der Waals surface area contributed by atoms with Crippen LogP contribution < -0.4 is 0 Å². The minimum absolute atomic E-state index is 0.691. The van der Waals surface area contributed by atoms with E-state index < -0.39 is 0 Å². The van der Waals surface area contributed by atoms with Gasteiger partial charge < -0.3 is 0 Å². The van der Waals surface area contributed by atoms with Crippen LogP contribution >= 0.6 is 22.7 Å². The molecule has 228 valence electrons.